The quantitative estimate of drug-likeness (QED) is 0.667. The number of carbonyl (C=O) groups is 1. The molecular formula is C16H15BrN2O2. The average molecular weight is 347 g/mol. The standard InChI is InChI=1S/C16H15BrN2O2/c1-12-4-2-3-5-15(12)21-11-16(20)19-18-10-13-6-8-14(17)9-7-13/h2-10H,11H2,1H3,(H,19,20)/b18-10-. The Hall–Kier alpha value is -2.14. The molecule has 0 fully saturated rings. The zero-order chi connectivity index (χ0) is 15.1. The molecule has 0 bridgehead atoms. The van der Waals surface area contributed by atoms with E-state index in [1.54, 1.807) is 6.21 Å². The molecule has 2 rings (SSSR count). The Balaban J connectivity index is 1.80. The number of carbonyl (C=O) groups excluding carboxylic acids is 1. The van der Waals surface area contributed by atoms with Crippen LogP contribution in [-0.2, 0) is 4.79 Å². The molecule has 0 aromatic heterocycles. The lowest BCUT2D eigenvalue weighted by atomic mass is 10.2. The molecular weight excluding hydrogens is 332 g/mol. The molecule has 0 aliphatic carbocycles. The van der Waals surface area contributed by atoms with E-state index in [0.29, 0.717) is 5.75 Å². The number of halogens is 1. The summed E-state index contributed by atoms with van der Waals surface area (Å²) >= 11 is 3.35. The molecule has 0 atom stereocenters. The number of aryl methyl sites for hydroxylation is 1. The van der Waals surface area contributed by atoms with Gasteiger partial charge < -0.3 is 4.74 Å². The van der Waals surface area contributed by atoms with Gasteiger partial charge in [-0.1, -0.05) is 46.3 Å². The summed E-state index contributed by atoms with van der Waals surface area (Å²) in [5.74, 6) is 0.399. The van der Waals surface area contributed by atoms with E-state index >= 15 is 0 Å². The minimum absolute atomic E-state index is 0.0669. The Labute approximate surface area is 132 Å². The van der Waals surface area contributed by atoms with Gasteiger partial charge in [-0.2, -0.15) is 5.10 Å². The third kappa shape index (κ3) is 5.04. The maximum atomic E-state index is 11.6. The van der Waals surface area contributed by atoms with Crippen molar-refractivity contribution in [1.29, 1.82) is 0 Å². The predicted molar refractivity (Wildman–Crippen MR) is 86.6 cm³/mol. The van der Waals surface area contributed by atoms with Gasteiger partial charge in [-0.05, 0) is 36.2 Å². The molecule has 0 radical (unpaired) electrons. The normalized spacial score (nSPS) is 10.6. The summed E-state index contributed by atoms with van der Waals surface area (Å²) in [6, 6.07) is 15.1. The van der Waals surface area contributed by atoms with Gasteiger partial charge in [0.15, 0.2) is 6.61 Å². The number of hydrazone groups is 1. The fourth-order valence-electron chi connectivity index (χ4n) is 1.62. The number of nitrogens with one attached hydrogen (secondary N) is 1. The minimum Gasteiger partial charge on any atom is -0.483 e. The Morgan fingerprint density at radius 1 is 1.24 bits per heavy atom. The van der Waals surface area contributed by atoms with Gasteiger partial charge in [0.25, 0.3) is 5.91 Å². The van der Waals surface area contributed by atoms with Crippen LogP contribution in [0.4, 0.5) is 0 Å². The Kier molecular flexibility index (Phi) is 5.51. The Bertz CT molecular complexity index is 639. The SMILES string of the molecule is Cc1ccccc1OCC(=O)N/N=C\c1ccc(Br)cc1. The van der Waals surface area contributed by atoms with E-state index in [1.165, 1.54) is 0 Å². The first kappa shape index (κ1) is 15.3. The summed E-state index contributed by atoms with van der Waals surface area (Å²) < 4.78 is 6.42. The molecule has 0 spiro atoms. The summed E-state index contributed by atoms with van der Waals surface area (Å²) in [5.41, 5.74) is 4.32. The van der Waals surface area contributed by atoms with Gasteiger partial charge in [0.1, 0.15) is 5.75 Å². The zero-order valence-corrected chi connectivity index (χ0v) is 13.1. The second-order valence-electron chi connectivity index (χ2n) is 4.40. The molecule has 5 heteroatoms. The van der Waals surface area contributed by atoms with Crippen molar-refractivity contribution in [2.75, 3.05) is 6.61 Å². The van der Waals surface area contributed by atoms with Crippen LogP contribution in [0.3, 0.4) is 0 Å². The minimum atomic E-state index is -0.299. The third-order valence-electron chi connectivity index (χ3n) is 2.73. The van der Waals surface area contributed by atoms with E-state index in [0.717, 1.165) is 15.6 Å². The van der Waals surface area contributed by atoms with E-state index < -0.39 is 0 Å². The van der Waals surface area contributed by atoms with Gasteiger partial charge in [-0.25, -0.2) is 5.43 Å². The van der Waals surface area contributed by atoms with E-state index in [1.807, 2.05) is 55.5 Å². The van der Waals surface area contributed by atoms with Crippen molar-refractivity contribution in [3.05, 3.63) is 64.1 Å². The average Bonchev–Trinajstić information content (AvgIpc) is 2.48. The molecule has 21 heavy (non-hydrogen) atoms. The van der Waals surface area contributed by atoms with Gasteiger partial charge in [0.05, 0.1) is 6.21 Å². The van der Waals surface area contributed by atoms with Crippen molar-refractivity contribution in [2.45, 2.75) is 6.92 Å². The number of para-hydroxylation sites is 1. The van der Waals surface area contributed by atoms with Gasteiger partial charge >= 0.3 is 0 Å². The van der Waals surface area contributed by atoms with Crippen molar-refractivity contribution in [3.8, 4) is 5.75 Å². The summed E-state index contributed by atoms with van der Waals surface area (Å²) in [6.07, 6.45) is 1.58. The molecule has 0 saturated heterocycles. The highest BCUT2D eigenvalue weighted by atomic mass is 79.9. The lowest BCUT2D eigenvalue weighted by molar-refractivity contribution is -0.123. The van der Waals surface area contributed by atoms with E-state index in [2.05, 4.69) is 26.5 Å². The number of rotatable bonds is 5. The van der Waals surface area contributed by atoms with Crippen LogP contribution in [0.5, 0.6) is 5.75 Å². The number of hydrogen-bond donors (Lipinski definition) is 1. The number of benzene rings is 2. The van der Waals surface area contributed by atoms with Crippen LogP contribution < -0.4 is 10.2 Å². The molecule has 2 aromatic carbocycles. The van der Waals surface area contributed by atoms with Gasteiger partial charge in [0, 0.05) is 4.47 Å². The summed E-state index contributed by atoms with van der Waals surface area (Å²) in [4.78, 5) is 11.6. The highest BCUT2D eigenvalue weighted by Crippen LogP contribution is 2.15. The molecule has 0 aliphatic rings. The van der Waals surface area contributed by atoms with Crippen molar-refractivity contribution in [3.63, 3.8) is 0 Å². The van der Waals surface area contributed by atoms with Crippen LogP contribution in [-0.4, -0.2) is 18.7 Å². The van der Waals surface area contributed by atoms with E-state index in [9.17, 15) is 4.79 Å². The second kappa shape index (κ2) is 7.59. The topological polar surface area (TPSA) is 50.7 Å². The smallest absolute Gasteiger partial charge is 0.277 e. The van der Waals surface area contributed by atoms with Gasteiger partial charge in [0.2, 0.25) is 0 Å². The van der Waals surface area contributed by atoms with Crippen molar-refractivity contribution >= 4 is 28.1 Å². The van der Waals surface area contributed by atoms with E-state index in [-0.39, 0.29) is 12.5 Å². The molecule has 0 saturated carbocycles. The molecule has 0 heterocycles. The maximum Gasteiger partial charge on any atom is 0.277 e. The van der Waals surface area contributed by atoms with Crippen LogP contribution in [0.15, 0.2) is 58.1 Å². The van der Waals surface area contributed by atoms with Crippen LogP contribution >= 0.6 is 15.9 Å². The fourth-order valence-corrected chi connectivity index (χ4v) is 1.89. The third-order valence-corrected chi connectivity index (χ3v) is 3.25. The van der Waals surface area contributed by atoms with Crippen LogP contribution in [0.1, 0.15) is 11.1 Å². The number of nitrogens with zero attached hydrogens (tertiary/aromatic N) is 1. The zero-order valence-electron chi connectivity index (χ0n) is 11.5. The molecule has 0 aliphatic heterocycles. The fraction of sp³-hybridized carbons (Fsp3) is 0.125. The molecule has 108 valence electrons. The molecule has 2 aromatic rings. The second-order valence-corrected chi connectivity index (χ2v) is 5.31. The van der Waals surface area contributed by atoms with Crippen molar-refractivity contribution in [2.24, 2.45) is 5.10 Å². The summed E-state index contributed by atoms with van der Waals surface area (Å²) in [7, 11) is 0. The first-order valence-electron chi connectivity index (χ1n) is 6.41. The highest BCUT2D eigenvalue weighted by molar-refractivity contribution is 9.10. The maximum absolute atomic E-state index is 11.6. The van der Waals surface area contributed by atoms with Gasteiger partial charge in [-0.15, -0.1) is 0 Å². The lowest BCUT2D eigenvalue weighted by Crippen LogP contribution is -2.24. The summed E-state index contributed by atoms with van der Waals surface area (Å²) in [5, 5.41) is 3.89. The van der Waals surface area contributed by atoms with Crippen molar-refractivity contribution in [1.82, 2.24) is 5.43 Å². The molecule has 0 unspecified atom stereocenters. The number of amides is 1. The number of hydrogen-bond acceptors (Lipinski definition) is 3. The van der Waals surface area contributed by atoms with Crippen LogP contribution in [0.25, 0.3) is 0 Å². The predicted octanol–water partition coefficient (Wildman–Crippen LogP) is 3.29. The largest absolute Gasteiger partial charge is 0.483 e. The lowest BCUT2D eigenvalue weighted by Gasteiger charge is -2.07. The first-order chi connectivity index (χ1) is 10.1. The van der Waals surface area contributed by atoms with Crippen molar-refractivity contribution < 1.29 is 9.53 Å². The Morgan fingerprint density at radius 2 is 1.95 bits per heavy atom. The number of ether oxygens (including phenoxy) is 1. The molecule has 4 nitrogen and oxygen atoms in total. The first-order valence-corrected chi connectivity index (χ1v) is 7.20. The van der Waals surface area contributed by atoms with Crippen LogP contribution in [0, 0.1) is 6.92 Å². The monoisotopic (exact) mass is 346 g/mol. The molecule has 1 amide bonds. The Morgan fingerprint density at radius 3 is 2.67 bits per heavy atom. The van der Waals surface area contributed by atoms with Gasteiger partial charge in [-0.3, -0.25) is 4.79 Å². The van der Waals surface area contributed by atoms with E-state index in [4.69, 9.17) is 4.74 Å². The van der Waals surface area contributed by atoms with Crippen LogP contribution in [0.2, 0.25) is 0 Å². The molecule has 1 N–H and O–H groups in total. The summed E-state index contributed by atoms with van der Waals surface area (Å²) in [6.45, 7) is 1.86. The highest BCUT2D eigenvalue weighted by Gasteiger charge is 2.02.